The molecule has 1 aromatic carbocycles. The van der Waals surface area contributed by atoms with Crippen LogP contribution in [-0.2, 0) is 6.42 Å². The molecule has 0 N–H and O–H groups in total. The van der Waals surface area contributed by atoms with E-state index in [1.54, 1.807) is 12.1 Å². The fourth-order valence-corrected chi connectivity index (χ4v) is 1.82. The summed E-state index contributed by atoms with van der Waals surface area (Å²) in [7, 11) is 0. The molecule has 2 rings (SSSR count). The molecule has 0 unspecified atom stereocenters. The molecule has 2 nitrogen and oxygen atoms in total. The van der Waals surface area contributed by atoms with E-state index in [4.69, 9.17) is 23.2 Å². The van der Waals surface area contributed by atoms with Crippen molar-refractivity contribution in [2.75, 3.05) is 0 Å². The maximum absolute atomic E-state index is 13.0. The lowest BCUT2D eigenvalue weighted by molar-refractivity contribution is 0.626. The van der Waals surface area contributed by atoms with Gasteiger partial charge in [-0.15, -0.1) is 0 Å². The van der Waals surface area contributed by atoms with Crippen LogP contribution >= 0.6 is 23.2 Å². The lowest BCUT2D eigenvalue weighted by Crippen LogP contribution is -1.95. The van der Waals surface area contributed by atoms with Crippen molar-refractivity contribution in [3.05, 3.63) is 57.8 Å². The van der Waals surface area contributed by atoms with Crippen LogP contribution in [-0.4, -0.2) is 9.97 Å². The summed E-state index contributed by atoms with van der Waals surface area (Å²) in [6.07, 6.45) is 1.70. The Bertz CT molecular complexity index is 497. The molecule has 82 valence electrons. The van der Waals surface area contributed by atoms with Crippen LogP contribution < -0.4 is 0 Å². The monoisotopic (exact) mass is 256 g/mol. The van der Waals surface area contributed by atoms with Crippen molar-refractivity contribution in [2.45, 2.75) is 6.42 Å². The molecular weight excluding hydrogens is 250 g/mol. The molecule has 16 heavy (non-hydrogen) atoms. The molecule has 0 aliphatic carbocycles. The van der Waals surface area contributed by atoms with E-state index in [0.717, 1.165) is 5.56 Å². The maximum Gasteiger partial charge on any atom is 0.137 e. The first-order chi connectivity index (χ1) is 7.66. The first kappa shape index (κ1) is 11.3. The van der Waals surface area contributed by atoms with E-state index in [2.05, 4.69) is 9.97 Å². The van der Waals surface area contributed by atoms with Crippen molar-refractivity contribution < 1.29 is 4.39 Å². The van der Waals surface area contributed by atoms with Crippen LogP contribution in [0, 0.1) is 5.82 Å². The van der Waals surface area contributed by atoms with Crippen molar-refractivity contribution in [1.82, 2.24) is 9.97 Å². The molecule has 0 atom stereocenters. The standard InChI is InChI=1S/C11H7Cl2FN2/c12-10-9(11(13)16-6-15-10)5-7-2-1-3-8(14)4-7/h1-4,6H,5H2. The molecule has 0 fully saturated rings. The number of nitrogens with zero attached hydrogens (tertiary/aromatic N) is 2. The largest absolute Gasteiger partial charge is 0.224 e. The average Bonchev–Trinajstić information content (AvgIpc) is 2.24. The summed E-state index contributed by atoms with van der Waals surface area (Å²) in [5, 5.41) is 0.591. The lowest BCUT2D eigenvalue weighted by Gasteiger charge is -2.05. The molecule has 0 radical (unpaired) electrons. The van der Waals surface area contributed by atoms with Gasteiger partial charge in [-0.3, -0.25) is 0 Å². The smallest absolute Gasteiger partial charge is 0.137 e. The normalized spacial score (nSPS) is 10.4. The van der Waals surface area contributed by atoms with Gasteiger partial charge in [0.15, 0.2) is 0 Å². The van der Waals surface area contributed by atoms with Gasteiger partial charge in [-0.1, -0.05) is 35.3 Å². The van der Waals surface area contributed by atoms with Crippen molar-refractivity contribution in [2.24, 2.45) is 0 Å². The van der Waals surface area contributed by atoms with Crippen LogP contribution in [0.1, 0.15) is 11.1 Å². The summed E-state index contributed by atoms with van der Waals surface area (Å²) in [5.74, 6) is -0.290. The molecule has 0 bridgehead atoms. The van der Waals surface area contributed by atoms with Crippen molar-refractivity contribution in [3.8, 4) is 0 Å². The van der Waals surface area contributed by atoms with Crippen molar-refractivity contribution in [3.63, 3.8) is 0 Å². The van der Waals surface area contributed by atoms with Gasteiger partial charge in [0.05, 0.1) is 0 Å². The van der Waals surface area contributed by atoms with E-state index in [0.29, 0.717) is 22.3 Å². The number of halogens is 3. The Morgan fingerprint density at radius 2 is 1.81 bits per heavy atom. The van der Waals surface area contributed by atoms with Gasteiger partial charge in [-0.2, -0.15) is 0 Å². The summed E-state index contributed by atoms with van der Waals surface area (Å²) in [4.78, 5) is 7.67. The predicted octanol–water partition coefficient (Wildman–Crippen LogP) is 3.51. The predicted molar refractivity (Wildman–Crippen MR) is 61.3 cm³/mol. The fourth-order valence-electron chi connectivity index (χ4n) is 1.37. The lowest BCUT2D eigenvalue weighted by atomic mass is 10.1. The zero-order valence-corrected chi connectivity index (χ0v) is 9.63. The molecule has 0 saturated heterocycles. The quantitative estimate of drug-likeness (QED) is 0.769. The van der Waals surface area contributed by atoms with Gasteiger partial charge in [-0.25, -0.2) is 14.4 Å². The number of hydrogen-bond acceptors (Lipinski definition) is 2. The molecular formula is C11H7Cl2FN2. The van der Waals surface area contributed by atoms with Crippen LogP contribution in [0.4, 0.5) is 4.39 Å². The highest BCUT2D eigenvalue weighted by Gasteiger charge is 2.09. The van der Waals surface area contributed by atoms with E-state index in [-0.39, 0.29) is 5.82 Å². The Hall–Kier alpha value is -1.19. The number of rotatable bonds is 2. The Kier molecular flexibility index (Phi) is 3.36. The highest BCUT2D eigenvalue weighted by Crippen LogP contribution is 2.23. The first-order valence-electron chi connectivity index (χ1n) is 4.56. The Labute approximate surface area is 102 Å². The van der Waals surface area contributed by atoms with Crippen LogP contribution in [0.5, 0.6) is 0 Å². The minimum Gasteiger partial charge on any atom is -0.224 e. The van der Waals surface area contributed by atoms with Gasteiger partial charge in [0.1, 0.15) is 22.5 Å². The number of aromatic nitrogens is 2. The van der Waals surface area contributed by atoms with E-state index in [9.17, 15) is 4.39 Å². The summed E-state index contributed by atoms with van der Waals surface area (Å²) >= 11 is 11.8. The number of hydrogen-bond donors (Lipinski definition) is 0. The fraction of sp³-hybridized carbons (Fsp3) is 0.0909. The van der Waals surface area contributed by atoms with Crippen LogP contribution in [0.15, 0.2) is 30.6 Å². The van der Waals surface area contributed by atoms with Crippen LogP contribution in [0.2, 0.25) is 10.3 Å². The highest BCUT2D eigenvalue weighted by atomic mass is 35.5. The summed E-state index contributed by atoms with van der Waals surface area (Å²) in [6.45, 7) is 0. The van der Waals surface area contributed by atoms with Gasteiger partial charge >= 0.3 is 0 Å². The first-order valence-corrected chi connectivity index (χ1v) is 5.31. The van der Waals surface area contributed by atoms with Crippen molar-refractivity contribution >= 4 is 23.2 Å². The summed E-state index contributed by atoms with van der Waals surface area (Å²) in [6, 6.07) is 6.24. The summed E-state index contributed by atoms with van der Waals surface area (Å²) < 4.78 is 13.0. The van der Waals surface area contributed by atoms with Crippen LogP contribution in [0.3, 0.4) is 0 Å². The Morgan fingerprint density at radius 1 is 1.12 bits per heavy atom. The van der Waals surface area contributed by atoms with E-state index in [1.807, 2.05) is 0 Å². The average molecular weight is 257 g/mol. The van der Waals surface area contributed by atoms with Gasteiger partial charge in [0, 0.05) is 12.0 Å². The second-order valence-electron chi connectivity index (χ2n) is 3.24. The molecule has 0 spiro atoms. The Morgan fingerprint density at radius 3 is 2.44 bits per heavy atom. The second-order valence-corrected chi connectivity index (χ2v) is 3.96. The zero-order chi connectivity index (χ0) is 11.5. The minimum atomic E-state index is -0.290. The van der Waals surface area contributed by atoms with Crippen LogP contribution in [0.25, 0.3) is 0 Å². The number of benzene rings is 1. The third-order valence-electron chi connectivity index (χ3n) is 2.11. The molecule has 2 aromatic rings. The van der Waals surface area contributed by atoms with Gasteiger partial charge in [-0.05, 0) is 17.7 Å². The third kappa shape index (κ3) is 2.49. The third-order valence-corrected chi connectivity index (χ3v) is 2.76. The molecule has 0 aliphatic rings. The second kappa shape index (κ2) is 4.76. The highest BCUT2D eigenvalue weighted by molar-refractivity contribution is 6.34. The molecule has 1 aromatic heterocycles. The summed E-state index contributed by atoms with van der Waals surface area (Å²) in [5.41, 5.74) is 1.38. The van der Waals surface area contributed by atoms with Gasteiger partial charge in [0.25, 0.3) is 0 Å². The van der Waals surface area contributed by atoms with Gasteiger partial charge < -0.3 is 0 Å². The zero-order valence-electron chi connectivity index (χ0n) is 8.12. The minimum absolute atomic E-state index is 0.290. The van der Waals surface area contributed by atoms with Crippen molar-refractivity contribution in [1.29, 1.82) is 0 Å². The SMILES string of the molecule is Fc1cccc(Cc2c(Cl)ncnc2Cl)c1. The molecule has 0 saturated carbocycles. The van der Waals surface area contributed by atoms with E-state index >= 15 is 0 Å². The van der Waals surface area contributed by atoms with E-state index in [1.165, 1.54) is 18.5 Å². The van der Waals surface area contributed by atoms with E-state index < -0.39 is 0 Å². The van der Waals surface area contributed by atoms with Gasteiger partial charge in [0.2, 0.25) is 0 Å². The topological polar surface area (TPSA) is 25.8 Å². The molecule has 1 heterocycles. The molecule has 0 aliphatic heterocycles. The molecule has 5 heteroatoms. The maximum atomic E-state index is 13.0. The Balaban J connectivity index is 2.34. The molecule has 0 amide bonds.